The monoisotopic (exact) mass is 244 g/mol. The highest BCUT2D eigenvalue weighted by atomic mass is 35.5. The Hall–Kier alpha value is -1.57. The number of halogens is 1. The fourth-order valence-electron chi connectivity index (χ4n) is 1.85. The summed E-state index contributed by atoms with van der Waals surface area (Å²) in [7, 11) is 0. The van der Waals surface area contributed by atoms with Crippen molar-refractivity contribution in [1.29, 1.82) is 0 Å². The molecular formula is C15H13ClO. The number of rotatable bonds is 3. The summed E-state index contributed by atoms with van der Waals surface area (Å²) in [5.74, 6) is 0. The predicted octanol–water partition coefficient (Wildman–Crippen LogP) is 3.76. The first kappa shape index (κ1) is 11.9. The van der Waals surface area contributed by atoms with Crippen molar-refractivity contribution in [3.8, 4) is 0 Å². The van der Waals surface area contributed by atoms with E-state index in [2.05, 4.69) is 6.58 Å². The molecule has 0 aromatic heterocycles. The van der Waals surface area contributed by atoms with Crippen LogP contribution in [0.25, 0.3) is 0 Å². The van der Waals surface area contributed by atoms with Crippen LogP contribution < -0.4 is 0 Å². The fourth-order valence-corrected chi connectivity index (χ4v) is 2.13. The quantitative estimate of drug-likeness (QED) is 0.815. The Bertz CT molecular complexity index is 521. The molecular weight excluding hydrogens is 232 g/mol. The number of benzene rings is 2. The van der Waals surface area contributed by atoms with E-state index in [1.807, 2.05) is 42.5 Å². The molecule has 0 radical (unpaired) electrons. The number of hydrogen-bond acceptors (Lipinski definition) is 1. The minimum Gasteiger partial charge on any atom is -0.377 e. The van der Waals surface area contributed by atoms with E-state index >= 15 is 0 Å². The van der Waals surface area contributed by atoms with Gasteiger partial charge in [0.1, 0.15) is 5.60 Å². The zero-order valence-electron chi connectivity index (χ0n) is 9.31. The lowest BCUT2D eigenvalue weighted by Crippen LogP contribution is -2.24. The van der Waals surface area contributed by atoms with E-state index in [0.717, 1.165) is 5.56 Å². The third-order valence-electron chi connectivity index (χ3n) is 2.79. The smallest absolute Gasteiger partial charge is 0.134 e. The summed E-state index contributed by atoms with van der Waals surface area (Å²) < 4.78 is 0. The standard InChI is InChI=1S/C15H13ClO/c1-2-15(17,12-8-4-3-5-9-12)13-10-6-7-11-14(13)16/h2-11,17H,1H2. The van der Waals surface area contributed by atoms with Crippen molar-refractivity contribution >= 4 is 11.6 Å². The number of hydrogen-bond donors (Lipinski definition) is 1. The van der Waals surface area contributed by atoms with Gasteiger partial charge in [-0.3, -0.25) is 0 Å². The second-order valence-electron chi connectivity index (χ2n) is 3.82. The maximum atomic E-state index is 10.7. The van der Waals surface area contributed by atoms with E-state index in [-0.39, 0.29) is 0 Å². The van der Waals surface area contributed by atoms with Crippen molar-refractivity contribution in [2.45, 2.75) is 5.60 Å². The Morgan fingerprint density at radius 1 is 1.00 bits per heavy atom. The Morgan fingerprint density at radius 3 is 2.18 bits per heavy atom. The first-order valence-electron chi connectivity index (χ1n) is 5.35. The van der Waals surface area contributed by atoms with Crippen LogP contribution in [0.3, 0.4) is 0 Å². The first-order chi connectivity index (χ1) is 8.18. The average Bonchev–Trinajstić information content (AvgIpc) is 2.39. The van der Waals surface area contributed by atoms with Gasteiger partial charge in [-0.15, -0.1) is 0 Å². The Morgan fingerprint density at radius 2 is 1.59 bits per heavy atom. The van der Waals surface area contributed by atoms with Gasteiger partial charge in [0.25, 0.3) is 0 Å². The molecule has 86 valence electrons. The molecule has 0 fully saturated rings. The van der Waals surface area contributed by atoms with Crippen LogP contribution in [-0.4, -0.2) is 5.11 Å². The molecule has 0 aliphatic heterocycles. The third kappa shape index (κ3) is 2.12. The summed E-state index contributed by atoms with van der Waals surface area (Å²) in [5, 5.41) is 11.3. The van der Waals surface area contributed by atoms with Crippen molar-refractivity contribution in [2.75, 3.05) is 0 Å². The Balaban J connectivity index is 2.60. The topological polar surface area (TPSA) is 20.2 Å². The van der Waals surface area contributed by atoms with Gasteiger partial charge in [-0.2, -0.15) is 0 Å². The molecule has 0 heterocycles. The molecule has 0 spiro atoms. The van der Waals surface area contributed by atoms with E-state index in [0.29, 0.717) is 10.6 Å². The van der Waals surface area contributed by atoms with Crippen molar-refractivity contribution in [3.63, 3.8) is 0 Å². The molecule has 0 amide bonds. The lowest BCUT2D eigenvalue weighted by molar-refractivity contribution is 0.135. The highest BCUT2D eigenvalue weighted by Gasteiger charge is 2.29. The van der Waals surface area contributed by atoms with Gasteiger partial charge in [0.2, 0.25) is 0 Å². The summed E-state index contributed by atoms with van der Waals surface area (Å²) in [6.45, 7) is 3.72. The molecule has 0 bridgehead atoms. The molecule has 1 unspecified atom stereocenters. The number of aliphatic hydroxyl groups is 1. The largest absolute Gasteiger partial charge is 0.377 e. The predicted molar refractivity (Wildman–Crippen MR) is 71.1 cm³/mol. The molecule has 1 atom stereocenters. The lowest BCUT2D eigenvalue weighted by Gasteiger charge is -2.26. The van der Waals surface area contributed by atoms with Crippen LogP contribution >= 0.6 is 11.6 Å². The maximum absolute atomic E-state index is 10.7. The minimum atomic E-state index is -1.25. The molecule has 0 saturated heterocycles. The zero-order valence-corrected chi connectivity index (χ0v) is 10.1. The van der Waals surface area contributed by atoms with Crippen molar-refractivity contribution < 1.29 is 5.11 Å². The molecule has 0 aliphatic carbocycles. The van der Waals surface area contributed by atoms with Crippen LogP contribution in [0.4, 0.5) is 0 Å². The molecule has 2 rings (SSSR count). The summed E-state index contributed by atoms with van der Waals surface area (Å²) in [4.78, 5) is 0. The second-order valence-corrected chi connectivity index (χ2v) is 4.22. The second kappa shape index (κ2) is 4.74. The van der Waals surface area contributed by atoms with E-state index < -0.39 is 5.60 Å². The summed E-state index contributed by atoms with van der Waals surface area (Å²) in [5.41, 5.74) is 0.144. The van der Waals surface area contributed by atoms with Crippen LogP contribution in [0, 0.1) is 0 Å². The fraction of sp³-hybridized carbons (Fsp3) is 0.0667. The van der Waals surface area contributed by atoms with Gasteiger partial charge in [0, 0.05) is 10.6 Å². The minimum absolute atomic E-state index is 0.527. The molecule has 1 nitrogen and oxygen atoms in total. The van der Waals surface area contributed by atoms with Crippen LogP contribution in [-0.2, 0) is 5.60 Å². The molecule has 0 saturated carbocycles. The summed E-state index contributed by atoms with van der Waals surface area (Å²) in [6, 6.07) is 16.6. The van der Waals surface area contributed by atoms with Crippen LogP contribution in [0.5, 0.6) is 0 Å². The van der Waals surface area contributed by atoms with Gasteiger partial charge in [0.05, 0.1) is 0 Å². The Kier molecular flexibility index (Phi) is 3.32. The van der Waals surface area contributed by atoms with Gasteiger partial charge in [-0.1, -0.05) is 72.8 Å². The Labute approximate surface area is 106 Å². The van der Waals surface area contributed by atoms with Crippen molar-refractivity contribution in [1.82, 2.24) is 0 Å². The van der Waals surface area contributed by atoms with Crippen molar-refractivity contribution in [2.24, 2.45) is 0 Å². The van der Waals surface area contributed by atoms with Crippen LogP contribution in [0.2, 0.25) is 5.02 Å². The normalized spacial score (nSPS) is 14.0. The summed E-state index contributed by atoms with van der Waals surface area (Å²) >= 11 is 6.13. The first-order valence-corrected chi connectivity index (χ1v) is 5.73. The van der Waals surface area contributed by atoms with Gasteiger partial charge in [-0.25, -0.2) is 0 Å². The van der Waals surface area contributed by atoms with E-state index in [1.54, 1.807) is 12.1 Å². The van der Waals surface area contributed by atoms with Gasteiger partial charge in [-0.05, 0) is 11.6 Å². The summed E-state index contributed by atoms with van der Waals surface area (Å²) in [6.07, 6.45) is 1.50. The lowest BCUT2D eigenvalue weighted by atomic mass is 9.86. The SMILES string of the molecule is C=CC(O)(c1ccccc1)c1ccccc1Cl. The molecule has 1 N–H and O–H groups in total. The van der Waals surface area contributed by atoms with Crippen LogP contribution in [0.15, 0.2) is 67.3 Å². The van der Waals surface area contributed by atoms with E-state index in [1.165, 1.54) is 6.08 Å². The van der Waals surface area contributed by atoms with E-state index in [4.69, 9.17) is 11.6 Å². The molecule has 2 heteroatoms. The van der Waals surface area contributed by atoms with Gasteiger partial charge in [0.15, 0.2) is 0 Å². The van der Waals surface area contributed by atoms with E-state index in [9.17, 15) is 5.11 Å². The maximum Gasteiger partial charge on any atom is 0.134 e. The van der Waals surface area contributed by atoms with Crippen molar-refractivity contribution in [3.05, 3.63) is 83.4 Å². The molecule has 2 aromatic rings. The highest BCUT2D eigenvalue weighted by Crippen LogP contribution is 2.34. The average molecular weight is 245 g/mol. The zero-order chi connectivity index (χ0) is 12.3. The van der Waals surface area contributed by atoms with Gasteiger partial charge >= 0.3 is 0 Å². The molecule has 2 aromatic carbocycles. The molecule has 0 aliphatic rings. The van der Waals surface area contributed by atoms with Gasteiger partial charge < -0.3 is 5.11 Å². The van der Waals surface area contributed by atoms with Crippen LogP contribution in [0.1, 0.15) is 11.1 Å². The molecule has 17 heavy (non-hydrogen) atoms. The third-order valence-corrected chi connectivity index (χ3v) is 3.12. The highest BCUT2D eigenvalue weighted by molar-refractivity contribution is 6.31.